The molecule has 2 N–H and O–H groups in total. The monoisotopic (exact) mass is 218 g/mol. The van der Waals surface area contributed by atoms with Gasteiger partial charge in [-0.2, -0.15) is 0 Å². The van der Waals surface area contributed by atoms with Crippen LogP contribution in [0.1, 0.15) is 0 Å². The number of nitrogens with two attached hydrogens (primary N) is 1. The summed E-state index contributed by atoms with van der Waals surface area (Å²) in [5.74, 6) is 0.176. The molecule has 0 spiro atoms. The topological polar surface area (TPSA) is 69.4 Å². The number of rotatable bonds is 2. The molecule has 0 unspecified atom stereocenters. The van der Waals surface area contributed by atoms with E-state index < -0.39 is 10.0 Å². The highest BCUT2D eigenvalue weighted by Crippen LogP contribution is 2.24. The predicted molar refractivity (Wildman–Crippen MR) is 50.2 cm³/mol. The van der Waals surface area contributed by atoms with Crippen LogP contribution in [-0.2, 0) is 10.0 Å². The quantitative estimate of drug-likeness (QED) is 0.801. The summed E-state index contributed by atoms with van der Waals surface area (Å²) in [4.78, 5) is 0.452. The predicted octanol–water partition coefficient (Wildman–Crippen LogP) is 0.899. The van der Waals surface area contributed by atoms with Crippen molar-refractivity contribution in [3.63, 3.8) is 0 Å². The average Bonchev–Trinajstić information content (AvgIpc) is 2.01. The molecule has 4 nitrogen and oxygen atoms in total. The normalized spacial score (nSPS) is 11.2. The molecular weight excluding hydrogens is 210 g/mol. The maximum Gasteiger partial charge on any atom is 0.241 e. The summed E-state index contributed by atoms with van der Waals surface area (Å²) in [5, 5.41) is 4.94. The Labute approximate surface area is 82.2 Å². The summed E-state index contributed by atoms with van der Waals surface area (Å²) >= 11 is 4.83. The molecule has 0 fully saturated rings. The molecule has 1 rings (SSSR count). The molecule has 0 heterocycles. The van der Waals surface area contributed by atoms with Crippen molar-refractivity contribution < 1.29 is 13.2 Å². The van der Waals surface area contributed by atoms with Crippen LogP contribution in [0.3, 0.4) is 0 Å². The highest BCUT2D eigenvalue weighted by Gasteiger charge is 2.14. The number of methoxy groups -OCH3 is 1. The number of hydrogen-bond acceptors (Lipinski definition) is 3. The minimum absolute atomic E-state index is 0.0522. The van der Waals surface area contributed by atoms with Crippen LogP contribution in [0.15, 0.2) is 28.0 Å². The largest absolute Gasteiger partial charge is 0.495 e. The lowest BCUT2D eigenvalue weighted by atomic mass is 10.3. The molecule has 0 aliphatic heterocycles. The first-order chi connectivity index (χ1) is 5.95. The molecule has 0 atom stereocenters. The second kappa shape index (κ2) is 3.49. The van der Waals surface area contributed by atoms with E-state index in [0.29, 0.717) is 4.90 Å². The third-order valence-electron chi connectivity index (χ3n) is 1.44. The Morgan fingerprint density at radius 1 is 1.46 bits per heavy atom. The van der Waals surface area contributed by atoms with Gasteiger partial charge in [0.05, 0.1) is 7.11 Å². The smallest absolute Gasteiger partial charge is 0.241 e. The van der Waals surface area contributed by atoms with Crippen molar-refractivity contribution in [2.24, 2.45) is 5.14 Å². The lowest BCUT2D eigenvalue weighted by molar-refractivity contribution is 0.401. The fourth-order valence-corrected chi connectivity index (χ4v) is 1.74. The number of ether oxygens (including phenoxy) is 1. The average molecular weight is 218 g/mol. The van der Waals surface area contributed by atoms with Crippen LogP contribution in [0.25, 0.3) is 0 Å². The zero-order chi connectivity index (χ0) is 10.1. The highest BCUT2D eigenvalue weighted by atomic mass is 32.2. The lowest BCUT2D eigenvalue weighted by Gasteiger charge is -2.05. The third kappa shape index (κ3) is 2.30. The van der Waals surface area contributed by atoms with Gasteiger partial charge in [0.15, 0.2) is 0 Å². The Kier molecular flexibility index (Phi) is 2.74. The number of primary sulfonamides is 1. The first-order valence-electron chi connectivity index (χ1n) is 3.33. The SMILES string of the molecule is COc1cc([S])ccc1S(N)(=O)=O. The molecule has 0 aromatic heterocycles. The van der Waals surface area contributed by atoms with Crippen molar-refractivity contribution in [1.82, 2.24) is 0 Å². The van der Waals surface area contributed by atoms with Crippen molar-refractivity contribution in [2.45, 2.75) is 9.79 Å². The lowest BCUT2D eigenvalue weighted by Crippen LogP contribution is -2.13. The van der Waals surface area contributed by atoms with E-state index in [4.69, 9.17) is 22.5 Å². The fraction of sp³-hybridized carbons (Fsp3) is 0.143. The summed E-state index contributed by atoms with van der Waals surface area (Å²) < 4.78 is 26.8. The van der Waals surface area contributed by atoms with Gasteiger partial charge in [0.1, 0.15) is 10.6 Å². The molecular formula is C7H8NO3S2. The van der Waals surface area contributed by atoms with Crippen molar-refractivity contribution in [1.29, 1.82) is 0 Å². The van der Waals surface area contributed by atoms with Gasteiger partial charge in [0.2, 0.25) is 10.0 Å². The summed E-state index contributed by atoms with van der Waals surface area (Å²) in [6.45, 7) is 0. The Morgan fingerprint density at radius 3 is 2.54 bits per heavy atom. The van der Waals surface area contributed by atoms with Crippen LogP contribution in [0.2, 0.25) is 0 Å². The van der Waals surface area contributed by atoms with Gasteiger partial charge < -0.3 is 4.74 Å². The Bertz CT molecular complexity index is 414. The second-order valence-electron chi connectivity index (χ2n) is 2.36. The Balaban J connectivity index is 3.39. The van der Waals surface area contributed by atoms with Crippen molar-refractivity contribution >= 4 is 22.7 Å². The van der Waals surface area contributed by atoms with Gasteiger partial charge in [-0.25, -0.2) is 13.6 Å². The maximum atomic E-state index is 11.0. The van der Waals surface area contributed by atoms with E-state index in [-0.39, 0.29) is 10.6 Å². The summed E-state index contributed by atoms with van der Waals surface area (Å²) in [6, 6.07) is 4.25. The van der Waals surface area contributed by atoms with E-state index in [9.17, 15) is 8.42 Å². The Morgan fingerprint density at radius 2 is 2.08 bits per heavy atom. The summed E-state index contributed by atoms with van der Waals surface area (Å²) in [5.41, 5.74) is 0. The van der Waals surface area contributed by atoms with E-state index in [1.165, 1.54) is 25.3 Å². The van der Waals surface area contributed by atoms with Gasteiger partial charge in [0, 0.05) is 4.90 Å². The van der Waals surface area contributed by atoms with E-state index in [2.05, 4.69) is 0 Å². The van der Waals surface area contributed by atoms with Gasteiger partial charge in [-0.15, -0.1) is 0 Å². The van der Waals surface area contributed by atoms with E-state index in [1.807, 2.05) is 0 Å². The maximum absolute atomic E-state index is 11.0. The molecule has 0 aliphatic rings. The zero-order valence-electron chi connectivity index (χ0n) is 6.85. The molecule has 1 radical (unpaired) electrons. The van der Waals surface area contributed by atoms with E-state index >= 15 is 0 Å². The molecule has 0 bridgehead atoms. The third-order valence-corrected chi connectivity index (χ3v) is 2.65. The number of hydrogen-bond donors (Lipinski definition) is 1. The molecule has 0 aliphatic carbocycles. The molecule has 1 aromatic rings. The molecule has 0 saturated carbocycles. The zero-order valence-corrected chi connectivity index (χ0v) is 8.48. The fourth-order valence-electron chi connectivity index (χ4n) is 0.883. The standard InChI is InChI=1S/C7H8NO3S2/c1-11-6-4-5(12)2-3-7(6)13(8,9)10/h2-4H,1H3,(H2,8,9,10). The van der Waals surface area contributed by atoms with Gasteiger partial charge in [-0.1, -0.05) is 12.6 Å². The first-order valence-corrected chi connectivity index (χ1v) is 5.28. The van der Waals surface area contributed by atoms with Crippen LogP contribution < -0.4 is 9.88 Å². The Hall–Kier alpha value is -0.850. The van der Waals surface area contributed by atoms with Crippen LogP contribution in [0.4, 0.5) is 0 Å². The molecule has 6 heteroatoms. The van der Waals surface area contributed by atoms with E-state index in [0.717, 1.165) is 0 Å². The second-order valence-corrected chi connectivity index (χ2v) is 4.36. The van der Waals surface area contributed by atoms with Gasteiger partial charge in [-0.3, -0.25) is 0 Å². The first kappa shape index (κ1) is 10.2. The molecule has 1 aromatic carbocycles. The van der Waals surface area contributed by atoms with Gasteiger partial charge >= 0.3 is 0 Å². The van der Waals surface area contributed by atoms with Crippen molar-refractivity contribution in [3.05, 3.63) is 18.2 Å². The molecule has 13 heavy (non-hydrogen) atoms. The minimum atomic E-state index is -3.73. The van der Waals surface area contributed by atoms with Crippen LogP contribution in [0.5, 0.6) is 5.75 Å². The van der Waals surface area contributed by atoms with Gasteiger partial charge in [0.25, 0.3) is 0 Å². The molecule has 0 amide bonds. The van der Waals surface area contributed by atoms with Crippen LogP contribution >= 0.6 is 12.6 Å². The number of benzene rings is 1. The number of sulfonamides is 1. The summed E-state index contributed by atoms with van der Waals surface area (Å²) in [7, 11) is -2.37. The van der Waals surface area contributed by atoms with Crippen molar-refractivity contribution in [3.8, 4) is 5.75 Å². The van der Waals surface area contributed by atoms with Gasteiger partial charge in [-0.05, 0) is 18.2 Å². The highest BCUT2D eigenvalue weighted by molar-refractivity contribution is 7.89. The molecule has 71 valence electrons. The van der Waals surface area contributed by atoms with Crippen LogP contribution in [0, 0.1) is 0 Å². The summed E-state index contributed by atoms with van der Waals surface area (Å²) in [6.07, 6.45) is 0. The van der Waals surface area contributed by atoms with Crippen molar-refractivity contribution in [2.75, 3.05) is 7.11 Å². The van der Waals surface area contributed by atoms with E-state index in [1.54, 1.807) is 0 Å². The minimum Gasteiger partial charge on any atom is -0.495 e. The molecule has 0 saturated heterocycles. The van der Waals surface area contributed by atoms with Crippen LogP contribution in [-0.4, -0.2) is 15.5 Å².